The molecule has 1 saturated heterocycles. The van der Waals surface area contributed by atoms with Crippen LogP contribution in [0, 0.1) is 10.1 Å². The van der Waals surface area contributed by atoms with Crippen LogP contribution in [-0.2, 0) is 6.54 Å². The minimum atomic E-state index is -0.366. The first-order valence-corrected chi connectivity index (χ1v) is 6.76. The van der Waals surface area contributed by atoms with Crippen molar-refractivity contribution in [1.82, 2.24) is 4.90 Å². The summed E-state index contributed by atoms with van der Waals surface area (Å²) in [5.41, 5.74) is 7.00. The molecule has 1 atom stereocenters. The van der Waals surface area contributed by atoms with Gasteiger partial charge in [-0.25, -0.2) is 0 Å². The lowest BCUT2D eigenvalue weighted by Gasteiger charge is -2.30. The van der Waals surface area contributed by atoms with E-state index in [2.05, 4.69) is 20.8 Å². The van der Waals surface area contributed by atoms with Crippen molar-refractivity contribution in [1.29, 1.82) is 0 Å². The van der Waals surface area contributed by atoms with E-state index in [0.29, 0.717) is 4.47 Å². The summed E-state index contributed by atoms with van der Waals surface area (Å²) in [6.07, 6.45) is 2.16. The average molecular weight is 351 g/mol. The van der Waals surface area contributed by atoms with E-state index < -0.39 is 0 Å². The summed E-state index contributed by atoms with van der Waals surface area (Å²) in [5.74, 6) is 0. The fourth-order valence-corrected chi connectivity index (χ4v) is 2.68. The number of nitro benzene ring substituents is 1. The van der Waals surface area contributed by atoms with Crippen molar-refractivity contribution in [2.75, 3.05) is 13.1 Å². The lowest BCUT2D eigenvalue weighted by atomic mass is 10.1. The Labute approximate surface area is 126 Å². The fourth-order valence-electron chi connectivity index (χ4n) is 2.29. The number of nitro groups is 1. The highest BCUT2D eigenvalue weighted by atomic mass is 79.9. The Morgan fingerprint density at radius 2 is 2.26 bits per heavy atom. The maximum Gasteiger partial charge on any atom is 0.283 e. The lowest BCUT2D eigenvalue weighted by Crippen LogP contribution is -2.42. The van der Waals surface area contributed by atoms with Gasteiger partial charge in [0.1, 0.15) is 0 Å². The van der Waals surface area contributed by atoms with Crippen molar-refractivity contribution in [3.05, 3.63) is 38.3 Å². The first-order chi connectivity index (χ1) is 8.56. The summed E-state index contributed by atoms with van der Waals surface area (Å²) in [6.45, 7) is 2.60. The number of piperidine rings is 1. The van der Waals surface area contributed by atoms with Gasteiger partial charge in [0, 0.05) is 25.2 Å². The summed E-state index contributed by atoms with van der Waals surface area (Å²) >= 11 is 3.19. The van der Waals surface area contributed by atoms with Crippen LogP contribution in [0.3, 0.4) is 0 Å². The summed E-state index contributed by atoms with van der Waals surface area (Å²) in [4.78, 5) is 12.7. The zero-order chi connectivity index (χ0) is 13.1. The van der Waals surface area contributed by atoms with Gasteiger partial charge in [-0.15, -0.1) is 12.4 Å². The second-order valence-electron chi connectivity index (χ2n) is 4.68. The molecule has 0 amide bonds. The zero-order valence-electron chi connectivity index (χ0n) is 10.4. The van der Waals surface area contributed by atoms with Crippen LogP contribution in [-0.4, -0.2) is 29.0 Å². The summed E-state index contributed by atoms with van der Waals surface area (Å²) in [6, 6.07) is 5.50. The molecule has 2 rings (SSSR count). The largest absolute Gasteiger partial charge is 0.327 e. The standard InChI is InChI=1S/C12H16BrN3O2.ClH/c13-11-4-3-9(6-12(11)16(17)18)7-15-5-1-2-10(14)8-15;/h3-4,6,10H,1-2,5,7-8,14H2;1H/t10-;/m1./s1. The van der Waals surface area contributed by atoms with Gasteiger partial charge < -0.3 is 5.73 Å². The van der Waals surface area contributed by atoms with E-state index >= 15 is 0 Å². The lowest BCUT2D eigenvalue weighted by molar-refractivity contribution is -0.385. The van der Waals surface area contributed by atoms with Crippen LogP contribution in [0.15, 0.2) is 22.7 Å². The van der Waals surface area contributed by atoms with Gasteiger partial charge in [0.15, 0.2) is 0 Å². The van der Waals surface area contributed by atoms with E-state index in [1.807, 2.05) is 6.07 Å². The Morgan fingerprint density at radius 3 is 2.89 bits per heavy atom. The van der Waals surface area contributed by atoms with Crippen molar-refractivity contribution in [3.8, 4) is 0 Å². The molecule has 0 aromatic heterocycles. The monoisotopic (exact) mass is 349 g/mol. The third-order valence-electron chi connectivity index (χ3n) is 3.16. The zero-order valence-corrected chi connectivity index (χ0v) is 12.8. The summed E-state index contributed by atoms with van der Waals surface area (Å²) in [5, 5.41) is 10.9. The quantitative estimate of drug-likeness (QED) is 0.672. The van der Waals surface area contributed by atoms with Crippen LogP contribution in [0.5, 0.6) is 0 Å². The highest BCUT2D eigenvalue weighted by molar-refractivity contribution is 9.10. The smallest absolute Gasteiger partial charge is 0.283 e. The van der Waals surface area contributed by atoms with Gasteiger partial charge in [-0.1, -0.05) is 6.07 Å². The minimum Gasteiger partial charge on any atom is -0.327 e. The van der Waals surface area contributed by atoms with E-state index in [0.717, 1.165) is 38.0 Å². The van der Waals surface area contributed by atoms with Gasteiger partial charge in [0.2, 0.25) is 0 Å². The van der Waals surface area contributed by atoms with Crippen LogP contribution in [0.25, 0.3) is 0 Å². The minimum absolute atomic E-state index is 0. The van der Waals surface area contributed by atoms with Crippen LogP contribution in [0.2, 0.25) is 0 Å². The number of halogens is 2. The maximum atomic E-state index is 10.9. The number of benzene rings is 1. The Hall–Kier alpha value is -0.690. The number of likely N-dealkylation sites (tertiary alicyclic amines) is 1. The predicted octanol–water partition coefficient (Wildman–Crippen LogP) is 2.70. The highest BCUT2D eigenvalue weighted by Gasteiger charge is 2.18. The molecule has 1 aromatic carbocycles. The van der Waals surface area contributed by atoms with Crippen LogP contribution in [0.4, 0.5) is 5.69 Å². The van der Waals surface area contributed by atoms with Gasteiger partial charge in [-0.2, -0.15) is 0 Å². The molecule has 0 unspecified atom stereocenters. The van der Waals surface area contributed by atoms with Crippen molar-refractivity contribution < 1.29 is 4.92 Å². The molecule has 19 heavy (non-hydrogen) atoms. The van der Waals surface area contributed by atoms with Crippen molar-refractivity contribution in [2.45, 2.75) is 25.4 Å². The summed E-state index contributed by atoms with van der Waals surface area (Å²) < 4.78 is 0.520. The molecular formula is C12H17BrClN3O2. The molecule has 0 spiro atoms. The van der Waals surface area contributed by atoms with E-state index in [-0.39, 0.29) is 29.1 Å². The van der Waals surface area contributed by atoms with Gasteiger partial charge in [0.05, 0.1) is 9.40 Å². The third-order valence-corrected chi connectivity index (χ3v) is 3.83. The van der Waals surface area contributed by atoms with Gasteiger partial charge in [-0.05, 0) is 46.9 Å². The number of hydrogen-bond donors (Lipinski definition) is 1. The van der Waals surface area contributed by atoms with E-state index in [1.165, 1.54) is 0 Å². The van der Waals surface area contributed by atoms with Gasteiger partial charge in [-0.3, -0.25) is 15.0 Å². The Kier molecular flexibility index (Phi) is 6.19. The predicted molar refractivity (Wildman–Crippen MR) is 80.5 cm³/mol. The molecule has 1 heterocycles. The Balaban J connectivity index is 0.00000180. The molecule has 0 saturated carbocycles. The van der Waals surface area contributed by atoms with Gasteiger partial charge >= 0.3 is 0 Å². The van der Waals surface area contributed by atoms with E-state index in [9.17, 15) is 10.1 Å². The molecule has 1 aliphatic rings. The number of hydrogen-bond acceptors (Lipinski definition) is 4. The van der Waals surface area contributed by atoms with Crippen molar-refractivity contribution in [3.63, 3.8) is 0 Å². The molecule has 5 nitrogen and oxygen atoms in total. The number of nitrogens with two attached hydrogens (primary N) is 1. The number of rotatable bonds is 3. The first kappa shape index (κ1) is 16.4. The maximum absolute atomic E-state index is 10.9. The molecule has 106 valence electrons. The fraction of sp³-hybridized carbons (Fsp3) is 0.500. The van der Waals surface area contributed by atoms with Crippen LogP contribution >= 0.6 is 28.3 Å². The normalized spacial score (nSPS) is 19.8. The second-order valence-corrected chi connectivity index (χ2v) is 5.53. The van der Waals surface area contributed by atoms with Crippen molar-refractivity contribution in [2.24, 2.45) is 5.73 Å². The molecule has 0 radical (unpaired) electrons. The van der Waals surface area contributed by atoms with Gasteiger partial charge in [0.25, 0.3) is 5.69 Å². The molecule has 1 aromatic rings. The first-order valence-electron chi connectivity index (χ1n) is 5.97. The van der Waals surface area contributed by atoms with Crippen LogP contribution in [0.1, 0.15) is 18.4 Å². The SMILES string of the molecule is Cl.N[C@@H]1CCCN(Cc2ccc(Br)c([N+](=O)[O-])c2)C1. The Bertz CT molecular complexity index is 459. The third kappa shape index (κ3) is 4.42. The topological polar surface area (TPSA) is 72.4 Å². The van der Waals surface area contributed by atoms with E-state index in [4.69, 9.17) is 5.73 Å². The Morgan fingerprint density at radius 1 is 1.53 bits per heavy atom. The molecule has 1 aliphatic heterocycles. The molecule has 7 heteroatoms. The average Bonchev–Trinajstić information content (AvgIpc) is 2.31. The molecule has 1 fully saturated rings. The second kappa shape index (κ2) is 7.19. The van der Waals surface area contributed by atoms with Crippen LogP contribution < -0.4 is 5.73 Å². The van der Waals surface area contributed by atoms with Crippen molar-refractivity contribution >= 4 is 34.0 Å². The highest BCUT2D eigenvalue weighted by Crippen LogP contribution is 2.26. The molecule has 0 aliphatic carbocycles. The molecule has 2 N–H and O–H groups in total. The number of nitrogens with zero attached hydrogens (tertiary/aromatic N) is 2. The molecule has 0 bridgehead atoms. The van der Waals surface area contributed by atoms with E-state index in [1.54, 1.807) is 12.1 Å². The summed E-state index contributed by atoms with van der Waals surface area (Å²) in [7, 11) is 0. The molecular weight excluding hydrogens is 334 g/mol.